The number of pyridine rings is 1. The van der Waals surface area contributed by atoms with Gasteiger partial charge in [-0.1, -0.05) is 78.1 Å². The van der Waals surface area contributed by atoms with Crippen molar-refractivity contribution in [2.24, 2.45) is 11.8 Å². The van der Waals surface area contributed by atoms with Crippen molar-refractivity contribution in [3.8, 4) is 11.5 Å². The van der Waals surface area contributed by atoms with E-state index in [1.807, 2.05) is 24.3 Å². The van der Waals surface area contributed by atoms with Gasteiger partial charge in [-0.05, 0) is 67.5 Å². The van der Waals surface area contributed by atoms with E-state index in [-0.39, 0.29) is 5.97 Å². The van der Waals surface area contributed by atoms with E-state index in [0.29, 0.717) is 17.9 Å². The smallest absolute Gasteiger partial charge is 0.343 e. The molecule has 1 fully saturated rings. The Balaban J connectivity index is 1.37. The molecule has 0 N–H and O–H groups in total. The van der Waals surface area contributed by atoms with Gasteiger partial charge >= 0.3 is 5.97 Å². The number of hydrogen-bond donors (Lipinski definition) is 0. The molecule has 4 nitrogen and oxygen atoms in total. The summed E-state index contributed by atoms with van der Waals surface area (Å²) in [5.74, 6) is 2.70. The average Bonchev–Trinajstić information content (AvgIpc) is 2.88. The summed E-state index contributed by atoms with van der Waals surface area (Å²) in [7, 11) is 0. The molecule has 4 heteroatoms. The topological polar surface area (TPSA) is 48.4 Å². The normalized spacial score (nSPS) is 17.9. The first-order valence-electron chi connectivity index (χ1n) is 13.6. The van der Waals surface area contributed by atoms with Crippen molar-refractivity contribution < 1.29 is 14.3 Å². The number of carbonyl (C=O) groups is 1. The van der Waals surface area contributed by atoms with Crippen LogP contribution < -0.4 is 9.47 Å². The van der Waals surface area contributed by atoms with Crippen LogP contribution in [0.2, 0.25) is 0 Å². The molecule has 0 unspecified atom stereocenters. The molecule has 2 aromatic rings. The van der Waals surface area contributed by atoms with E-state index < -0.39 is 0 Å². The van der Waals surface area contributed by atoms with Crippen LogP contribution in [0.25, 0.3) is 0 Å². The third-order valence-electron chi connectivity index (χ3n) is 7.11. The van der Waals surface area contributed by atoms with Crippen molar-refractivity contribution in [3.05, 3.63) is 53.9 Å². The van der Waals surface area contributed by atoms with Gasteiger partial charge in [-0.25, -0.2) is 4.79 Å². The molecule has 0 spiro atoms. The van der Waals surface area contributed by atoms with Crippen LogP contribution in [-0.2, 0) is 6.42 Å². The molecule has 3 rings (SSSR count). The molecule has 1 aromatic carbocycles. The Morgan fingerprint density at radius 3 is 2.15 bits per heavy atom. The molecule has 0 saturated heterocycles. The summed E-state index contributed by atoms with van der Waals surface area (Å²) in [6.07, 6.45) is 18.2. The predicted octanol–water partition coefficient (Wildman–Crippen LogP) is 8.19. The van der Waals surface area contributed by atoms with Crippen LogP contribution in [0.5, 0.6) is 11.5 Å². The Bertz CT molecular complexity index is 823. The molecule has 34 heavy (non-hydrogen) atoms. The lowest BCUT2D eigenvalue weighted by Gasteiger charge is -2.28. The fraction of sp³-hybridized carbons (Fsp3) is 0.600. The van der Waals surface area contributed by atoms with E-state index in [2.05, 4.69) is 18.8 Å². The highest BCUT2D eigenvalue weighted by molar-refractivity contribution is 5.91. The summed E-state index contributed by atoms with van der Waals surface area (Å²) in [4.78, 5) is 17.0. The molecule has 0 atom stereocenters. The molecule has 0 radical (unpaired) electrons. The van der Waals surface area contributed by atoms with E-state index in [0.717, 1.165) is 36.1 Å². The van der Waals surface area contributed by atoms with Crippen molar-refractivity contribution in [2.75, 3.05) is 6.61 Å². The molecule has 186 valence electrons. The van der Waals surface area contributed by atoms with Crippen molar-refractivity contribution in [2.45, 2.75) is 97.3 Å². The first-order chi connectivity index (χ1) is 16.7. The molecule has 0 amide bonds. The van der Waals surface area contributed by atoms with Gasteiger partial charge in [0.05, 0.1) is 18.4 Å². The highest BCUT2D eigenvalue weighted by Gasteiger charge is 2.20. The Morgan fingerprint density at radius 2 is 1.50 bits per heavy atom. The van der Waals surface area contributed by atoms with Gasteiger partial charge in [0.15, 0.2) is 0 Å². The highest BCUT2D eigenvalue weighted by Crippen LogP contribution is 2.34. The van der Waals surface area contributed by atoms with Crippen molar-refractivity contribution in [1.29, 1.82) is 0 Å². The van der Waals surface area contributed by atoms with Gasteiger partial charge in [-0.15, -0.1) is 0 Å². The maximum atomic E-state index is 12.5. The quantitative estimate of drug-likeness (QED) is 0.208. The predicted molar refractivity (Wildman–Crippen MR) is 139 cm³/mol. The second-order valence-corrected chi connectivity index (χ2v) is 9.88. The van der Waals surface area contributed by atoms with Crippen molar-refractivity contribution in [3.63, 3.8) is 0 Å². The summed E-state index contributed by atoms with van der Waals surface area (Å²) in [5, 5.41) is 0. The van der Waals surface area contributed by atoms with Crippen molar-refractivity contribution >= 4 is 5.97 Å². The van der Waals surface area contributed by atoms with Gasteiger partial charge in [-0.3, -0.25) is 4.98 Å². The number of nitrogens with zero attached hydrogens (tertiary/aromatic N) is 1. The monoisotopic (exact) mass is 465 g/mol. The third-order valence-corrected chi connectivity index (χ3v) is 7.11. The molecule has 0 bridgehead atoms. The van der Waals surface area contributed by atoms with Crippen LogP contribution in [0, 0.1) is 11.8 Å². The highest BCUT2D eigenvalue weighted by atomic mass is 16.5. The number of carbonyl (C=O) groups excluding carboxylic acids is 1. The van der Waals surface area contributed by atoms with E-state index in [1.54, 1.807) is 18.3 Å². The van der Waals surface area contributed by atoms with Gasteiger partial charge in [0.1, 0.15) is 11.5 Å². The average molecular weight is 466 g/mol. The molecule has 1 saturated carbocycles. The summed E-state index contributed by atoms with van der Waals surface area (Å²) in [6.45, 7) is 5.19. The summed E-state index contributed by atoms with van der Waals surface area (Å²) >= 11 is 0. The van der Waals surface area contributed by atoms with Crippen LogP contribution in [0.3, 0.4) is 0 Å². The lowest BCUT2D eigenvalue weighted by atomic mass is 9.78. The zero-order valence-electron chi connectivity index (χ0n) is 21.3. The fourth-order valence-electron chi connectivity index (χ4n) is 4.84. The summed E-state index contributed by atoms with van der Waals surface area (Å²) in [5.41, 5.74) is 1.59. The molecular formula is C30H43NO3. The SMILES string of the molecule is CCCCCCOc1ccc(C(=O)Oc2ccc(CCC3CCC(CCCC)CC3)nc2)cc1. The third kappa shape index (κ3) is 9.12. The second-order valence-electron chi connectivity index (χ2n) is 9.88. The molecule has 0 aliphatic heterocycles. The number of rotatable bonds is 14. The minimum absolute atomic E-state index is 0.371. The lowest BCUT2D eigenvalue weighted by molar-refractivity contribution is 0.0734. The van der Waals surface area contributed by atoms with Gasteiger partial charge in [0, 0.05) is 5.69 Å². The number of hydrogen-bond acceptors (Lipinski definition) is 4. The zero-order chi connectivity index (χ0) is 24.0. The number of benzene rings is 1. The van der Waals surface area contributed by atoms with E-state index in [4.69, 9.17) is 9.47 Å². The summed E-state index contributed by atoms with van der Waals surface area (Å²) < 4.78 is 11.3. The number of unbranched alkanes of at least 4 members (excludes halogenated alkanes) is 4. The minimum Gasteiger partial charge on any atom is -0.494 e. The molecule has 1 aromatic heterocycles. The van der Waals surface area contributed by atoms with E-state index >= 15 is 0 Å². The van der Waals surface area contributed by atoms with E-state index in [1.165, 1.54) is 70.6 Å². The zero-order valence-corrected chi connectivity index (χ0v) is 21.3. The first kappa shape index (κ1) is 26.2. The van der Waals surface area contributed by atoms with Crippen LogP contribution >= 0.6 is 0 Å². The maximum Gasteiger partial charge on any atom is 0.343 e. The Labute approximate surface area is 206 Å². The first-order valence-corrected chi connectivity index (χ1v) is 13.6. The number of esters is 1. The second kappa shape index (κ2) is 14.8. The standard InChI is InChI=1S/C30H43NO3/c1-3-5-7-8-22-33-28-19-15-26(16-20-28)30(32)34-29-21-18-27(31-23-29)17-14-25-12-10-24(11-13-25)9-6-4-2/h15-16,18-21,23-25H,3-14,17,22H2,1-2H3. The van der Waals surface area contributed by atoms with Crippen LogP contribution in [0.4, 0.5) is 0 Å². The molecule has 1 heterocycles. The van der Waals surface area contributed by atoms with Gasteiger partial charge in [0.25, 0.3) is 0 Å². The Hall–Kier alpha value is -2.36. The maximum absolute atomic E-state index is 12.5. The number of aryl methyl sites for hydroxylation is 1. The molecule has 1 aliphatic rings. The van der Waals surface area contributed by atoms with Crippen LogP contribution in [0.1, 0.15) is 107 Å². The van der Waals surface area contributed by atoms with Gasteiger partial charge in [-0.2, -0.15) is 0 Å². The molecule has 1 aliphatic carbocycles. The largest absolute Gasteiger partial charge is 0.494 e. The van der Waals surface area contributed by atoms with Gasteiger partial charge < -0.3 is 9.47 Å². The van der Waals surface area contributed by atoms with Gasteiger partial charge in [0.2, 0.25) is 0 Å². The van der Waals surface area contributed by atoms with Crippen LogP contribution in [0.15, 0.2) is 42.6 Å². The fourth-order valence-corrected chi connectivity index (χ4v) is 4.84. The lowest BCUT2D eigenvalue weighted by Crippen LogP contribution is -2.15. The number of ether oxygens (including phenoxy) is 2. The number of aromatic nitrogens is 1. The minimum atomic E-state index is -0.371. The molecular weight excluding hydrogens is 422 g/mol. The van der Waals surface area contributed by atoms with Crippen molar-refractivity contribution in [1.82, 2.24) is 4.98 Å². The Morgan fingerprint density at radius 1 is 0.824 bits per heavy atom. The Kier molecular flexibility index (Phi) is 11.4. The van der Waals surface area contributed by atoms with E-state index in [9.17, 15) is 4.79 Å². The van der Waals surface area contributed by atoms with Crippen LogP contribution in [-0.4, -0.2) is 17.6 Å². The summed E-state index contributed by atoms with van der Waals surface area (Å²) in [6, 6.07) is 11.0.